The van der Waals surface area contributed by atoms with Gasteiger partial charge in [-0.1, -0.05) is 12.5 Å². The number of nitrogens with one attached hydrogen (secondary N) is 1. The van der Waals surface area contributed by atoms with E-state index < -0.39 is 5.97 Å². The van der Waals surface area contributed by atoms with Crippen LogP contribution < -0.4 is 5.69 Å². The normalized spacial score (nSPS) is 11.1. The van der Waals surface area contributed by atoms with E-state index in [4.69, 9.17) is 5.11 Å². The zero-order valence-electron chi connectivity index (χ0n) is 11.4. The Hall–Kier alpha value is -1.69. The summed E-state index contributed by atoms with van der Waals surface area (Å²) in [5.41, 5.74) is 0.980. The molecule has 0 spiro atoms. The third-order valence-electron chi connectivity index (χ3n) is 3.27. The summed E-state index contributed by atoms with van der Waals surface area (Å²) in [6.07, 6.45) is 5.21. The van der Waals surface area contributed by atoms with Crippen molar-refractivity contribution >= 4 is 28.8 Å². The van der Waals surface area contributed by atoms with E-state index in [1.165, 1.54) is 6.07 Å². The minimum atomic E-state index is -1.02. The van der Waals surface area contributed by atoms with Crippen molar-refractivity contribution < 1.29 is 9.90 Å². The number of imidazole rings is 1. The highest BCUT2D eigenvalue weighted by Crippen LogP contribution is 2.16. The molecule has 0 unspecified atom stereocenters. The Morgan fingerprint density at radius 2 is 2.15 bits per heavy atom. The first kappa shape index (κ1) is 14.7. The fourth-order valence-corrected chi connectivity index (χ4v) is 2.77. The van der Waals surface area contributed by atoms with Crippen molar-refractivity contribution in [2.24, 2.45) is 0 Å². The Morgan fingerprint density at radius 3 is 2.85 bits per heavy atom. The average Bonchev–Trinajstić information content (AvgIpc) is 2.74. The van der Waals surface area contributed by atoms with Crippen LogP contribution in [0.2, 0.25) is 0 Å². The molecule has 0 atom stereocenters. The first-order valence-corrected chi connectivity index (χ1v) is 7.98. The van der Waals surface area contributed by atoms with E-state index in [2.05, 4.69) is 11.2 Å². The lowest BCUT2D eigenvalue weighted by atomic mass is 10.2. The van der Waals surface area contributed by atoms with Gasteiger partial charge in [-0.25, -0.2) is 9.59 Å². The molecule has 5 nitrogen and oxygen atoms in total. The zero-order valence-corrected chi connectivity index (χ0v) is 12.2. The lowest BCUT2D eigenvalue weighted by Crippen LogP contribution is -2.16. The maximum absolute atomic E-state index is 11.9. The number of rotatable bonds is 7. The number of benzene rings is 1. The Bertz CT molecular complexity index is 660. The molecule has 0 aliphatic carbocycles. The molecule has 0 aliphatic rings. The summed E-state index contributed by atoms with van der Waals surface area (Å²) in [6.45, 7) is 0.621. The second-order valence-electron chi connectivity index (χ2n) is 4.64. The lowest BCUT2D eigenvalue weighted by Gasteiger charge is -2.04. The van der Waals surface area contributed by atoms with Crippen molar-refractivity contribution in [2.45, 2.75) is 25.8 Å². The van der Waals surface area contributed by atoms with Crippen LogP contribution in [0, 0.1) is 0 Å². The van der Waals surface area contributed by atoms with E-state index in [1.54, 1.807) is 16.7 Å². The molecule has 1 aromatic heterocycles. The predicted octanol–water partition coefficient (Wildman–Crippen LogP) is 2.56. The number of nitrogens with zero attached hydrogens (tertiary/aromatic N) is 1. The largest absolute Gasteiger partial charge is 0.478 e. The highest BCUT2D eigenvalue weighted by Gasteiger charge is 2.13. The number of para-hydroxylation sites is 1. The molecule has 2 N–H and O–H groups in total. The molecule has 2 aromatic rings. The summed E-state index contributed by atoms with van der Waals surface area (Å²) in [6, 6.07) is 4.95. The van der Waals surface area contributed by atoms with E-state index in [1.807, 2.05) is 11.8 Å². The van der Waals surface area contributed by atoms with Gasteiger partial charge in [-0.2, -0.15) is 11.8 Å². The number of hydrogen-bond donors (Lipinski definition) is 2. The number of aryl methyl sites for hydroxylation is 1. The van der Waals surface area contributed by atoms with Gasteiger partial charge in [0.2, 0.25) is 0 Å². The van der Waals surface area contributed by atoms with Crippen LogP contribution in [0.5, 0.6) is 0 Å². The zero-order chi connectivity index (χ0) is 14.5. The van der Waals surface area contributed by atoms with Gasteiger partial charge in [0, 0.05) is 6.54 Å². The first-order chi connectivity index (χ1) is 9.65. The molecule has 0 bridgehead atoms. The summed E-state index contributed by atoms with van der Waals surface area (Å²) >= 11 is 1.82. The number of carboxylic acids is 1. The number of aromatic amines is 1. The Morgan fingerprint density at radius 1 is 1.35 bits per heavy atom. The van der Waals surface area contributed by atoms with Crippen molar-refractivity contribution in [1.82, 2.24) is 9.55 Å². The molecule has 1 aromatic carbocycles. The number of hydrogen-bond acceptors (Lipinski definition) is 3. The third kappa shape index (κ3) is 3.07. The number of aromatic carboxylic acids is 1. The van der Waals surface area contributed by atoms with Gasteiger partial charge in [0.05, 0.1) is 16.6 Å². The molecule has 0 saturated heterocycles. The smallest absolute Gasteiger partial charge is 0.337 e. The van der Waals surface area contributed by atoms with Gasteiger partial charge in [0.25, 0.3) is 0 Å². The Labute approximate surface area is 121 Å². The molecule has 20 heavy (non-hydrogen) atoms. The number of thioether (sulfide) groups is 1. The number of carbonyl (C=O) groups is 1. The summed E-state index contributed by atoms with van der Waals surface area (Å²) < 4.78 is 1.63. The van der Waals surface area contributed by atoms with E-state index in [0.29, 0.717) is 17.6 Å². The first-order valence-electron chi connectivity index (χ1n) is 6.59. The van der Waals surface area contributed by atoms with Crippen LogP contribution in [0.15, 0.2) is 23.0 Å². The highest BCUT2D eigenvalue weighted by atomic mass is 32.2. The van der Waals surface area contributed by atoms with Crippen LogP contribution in [0.1, 0.15) is 29.6 Å². The van der Waals surface area contributed by atoms with Gasteiger partial charge in [-0.05, 0) is 37.0 Å². The van der Waals surface area contributed by atoms with Crippen LogP contribution in [-0.2, 0) is 6.54 Å². The SMILES string of the molecule is CSCCCCCn1c(=O)[nH]c2c(C(=O)O)cccc21. The van der Waals surface area contributed by atoms with Crippen LogP contribution in [0.4, 0.5) is 0 Å². The number of unbranched alkanes of at least 4 members (excludes halogenated alkanes) is 2. The standard InChI is InChI=1S/C14H18N2O3S/c1-20-9-4-2-3-8-16-11-7-5-6-10(13(17)18)12(11)15-14(16)19/h5-7H,2-4,8-9H2,1H3,(H,15,19)(H,17,18). The molecule has 108 valence electrons. The molecule has 6 heteroatoms. The van der Waals surface area contributed by atoms with Crippen LogP contribution in [0.25, 0.3) is 11.0 Å². The minimum Gasteiger partial charge on any atom is -0.478 e. The average molecular weight is 294 g/mol. The van der Waals surface area contributed by atoms with Gasteiger partial charge in [0.1, 0.15) is 0 Å². The third-order valence-corrected chi connectivity index (χ3v) is 3.97. The van der Waals surface area contributed by atoms with Crippen molar-refractivity contribution in [3.63, 3.8) is 0 Å². The summed E-state index contributed by atoms with van der Waals surface area (Å²) in [5.74, 6) is 0.107. The van der Waals surface area contributed by atoms with Crippen molar-refractivity contribution in [3.8, 4) is 0 Å². The number of aromatic nitrogens is 2. The molecule has 0 aliphatic heterocycles. The van der Waals surface area contributed by atoms with Gasteiger partial charge < -0.3 is 10.1 Å². The lowest BCUT2D eigenvalue weighted by molar-refractivity contribution is 0.0699. The van der Waals surface area contributed by atoms with Crippen molar-refractivity contribution in [3.05, 3.63) is 34.2 Å². The topological polar surface area (TPSA) is 75.1 Å². The summed E-state index contributed by atoms with van der Waals surface area (Å²) in [4.78, 5) is 25.7. The molecule has 0 saturated carbocycles. The Kier molecular flexibility index (Phi) is 4.89. The monoisotopic (exact) mass is 294 g/mol. The van der Waals surface area contributed by atoms with Crippen molar-refractivity contribution in [1.29, 1.82) is 0 Å². The van der Waals surface area contributed by atoms with Crippen molar-refractivity contribution in [2.75, 3.05) is 12.0 Å². The summed E-state index contributed by atoms with van der Waals surface area (Å²) in [7, 11) is 0. The molecular weight excluding hydrogens is 276 g/mol. The van der Waals surface area contributed by atoms with Crippen LogP contribution in [0.3, 0.4) is 0 Å². The van der Waals surface area contributed by atoms with Gasteiger partial charge in [-0.15, -0.1) is 0 Å². The summed E-state index contributed by atoms with van der Waals surface area (Å²) in [5, 5.41) is 9.12. The molecule has 2 rings (SSSR count). The predicted molar refractivity (Wildman–Crippen MR) is 81.8 cm³/mol. The van der Waals surface area contributed by atoms with Crippen LogP contribution in [-0.4, -0.2) is 32.6 Å². The highest BCUT2D eigenvalue weighted by molar-refractivity contribution is 7.98. The second-order valence-corrected chi connectivity index (χ2v) is 5.63. The maximum atomic E-state index is 11.9. The number of fused-ring (bicyclic) bond motifs is 1. The molecule has 0 amide bonds. The molecule has 0 radical (unpaired) electrons. The quantitative estimate of drug-likeness (QED) is 0.770. The Balaban J connectivity index is 2.21. The molecule has 1 heterocycles. The van der Waals surface area contributed by atoms with E-state index in [-0.39, 0.29) is 11.3 Å². The van der Waals surface area contributed by atoms with Gasteiger partial charge in [-0.3, -0.25) is 4.57 Å². The molecule has 0 fully saturated rings. The minimum absolute atomic E-state index is 0.140. The number of H-pyrrole nitrogens is 1. The fourth-order valence-electron chi connectivity index (χ4n) is 2.27. The molecular formula is C14H18N2O3S. The maximum Gasteiger partial charge on any atom is 0.337 e. The number of carboxylic acid groups (broad SMARTS) is 1. The fraction of sp³-hybridized carbons (Fsp3) is 0.429. The van der Waals surface area contributed by atoms with E-state index in [9.17, 15) is 9.59 Å². The van der Waals surface area contributed by atoms with Gasteiger partial charge >= 0.3 is 11.7 Å². The van der Waals surface area contributed by atoms with E-state index in [0.717, 1.165) is 25.0 Å². The van der Waals surface area contributed by atoms with Gasteiger partial charge in [0.15, 0.2) is 0 Å². The van der Waals surface area contributed by atoms with Crippen LogP contribution >= 0.6 is 11.8 Å². The second kappa shape index (κ2) is 6.65. The van der Waals surface area contributed by atoms with E-state index >= 15 is 0 Å².